The summed E-state index contributed by atoms with van der Waals surface area (Å²) in [7, 11) is 2.56. The van der Waals surface area contributed by atoms with Crippen LogP contribution in [0.1, 0.15) is 30.7 Å². The van der Waals surface area contributed by atoms with Gasteiger partial charge in [-0.25, -0.2) is 19.2 Å². The Kier molecular flexibility index (Phi) is 10.2. The predicted octanol–water partition coefficient (Wildman–Crippen LogP) is 2.55. The maximum absolute atomic E-state index is 14.0. The van der Waals surface area contributed by atoms with E-state index >= 15 is 0 Å². The third-order valence-corrected chi connectivity index (χ3v) is 5.77. The zero-order valence-corrected chi connectivity index (χ0v) is 22.0. The van der Waals surface area contributed by atoms with E-state index in [0.717, 1.165) is 36.3 Å². The molecule has 2 heterocycles. The molecule has 1 unspecified atom stereocenters. The number of hydrogen-bond acceptors (Lipinski definition) is 7. The number of methoxy groups -OCH3 is 1. The van der Waals surface area contributed by atoms with Crippen molar-refractivity contribution in [1.82, 2.24) is 30.2 Å². The minimum atomic E-state index is -4.44. The summed E-state index contributed by atoms with van der Waals surface area (Å²) in [5.74, 6) is -1.71. The molecule has 3 amide bonds. The van der Waals surface area contributed by atoms with E-state index in [1.165, 1.54) is 19.2 Å². The normalized spacial score (nSPS) is 12.3. The standard InChI is InChI=1S/C25H27F4N7O5/c1-30-20(37)6-4-3-5-16(34-24(40)41-2)22(38)33-18-11-31-13-36(23(18)39)12-19-32-17-10-15(26)9-14(21(17)35-19)7-8-25(27,28)29/h4,6,9-11,13,16H,3,5,7-8,12H2,1-2H3,(H,30,37)(H,32,35)(H,33,38)(H,34,40)/b6-4+. The van der Waals surface area contributed by atoms with E-state index in [-0.39, 0.29) is 53.4 Å². The van der Waals surface area contributed by atoms with Crippen molar-refractivity contribution < 1.29 is 36.7 Å². The lowest BCUT2D eigenvalue weighted by Crippen LogP contribution is -2.44. The molecule has 0 aliphatic heterocycles. The van der Waals surface area contributed by atoms with Gasteiger partial charge in [0, 0.05) is 13.5 Å². The van der Waals surface area contributed by atoms with Gasteiger partial charge in [0.05, 0.1) is 37.2 Å². The number of likely N-dealkylation sites (N-methyl/N-ethyl adjacent to an activating group) is 1. The third-order valence-electron chi connectivity index (χ3n) is 5.77. The second-order valence-corrected chi connectivity index (χ2v) is 8.77. The number of carbonyl (C=O) groups excluding carboxylic acids is 3. The minimum Gasteiger partial charge on any atom is -0.453 e. The van der Waals surface area contributed by atoms with Gasteiger partial charge in [-0.15, -0.1) is 0 Å². The van der Waals surface area contributed by atoms with Crippen molar-refractivity contribution >= 4 is 34.6 Å². The maximum atomic E-state index is 14.0. The van der Waals surface area contributed by atoms with Gasteiger partial charge < -0.3 is 25.7 Å². The van der Waals surface area contributed by atoms with Crippen LogP contribution in [-0.2, 0) is 27.3 Å². The van der Waals surface area contributed by atoms with Crippen molar-refractivity contribution in [2.24, 2.45) is 0 Å². The Morgan fingerprint density at radius 3 is 2.68 bits per heavy atom. The molecule has 16 heteroatoms. The highest BCUT2D eigenvalue weighted by molar-refractivity contribution is 5.96. The molecule has 0 spiro atoms. The third kappa shape index (κ3) is 8.87. The lowest BCUT2D eigenvalue weighted by Gasteiger charge is -2.17. The summed E-state index contributed by atoms with van der Waals surface area (Å²) in [4.78, 5) is 60.0. The van der Waals surface area contributed by atoms with Crippen molar-refractivity contribution in [2.45, 2.75) is 44.4 Å². The molecule has 1 aromatic carbocycles. The number of alkyl halides is 3. The Morgan fingerprint density at radius 2 is 2.00 bits per heavy atom. The van der Waals surface area contributed by atoms with Crippen LogP contribution in [0.15, 0.2) is 41.6 Å². The lowest BCUT2D eigenvalue weighted by molar-refractivity contribution is -0.134. The number of rotatable bonds is 11. The number of aromatic nitrogens is 4. The van der Waals surface area contributed by atoms with Gasteiger partial charge in [0.2, 0.25) is 11.8 Å². The number of alkyl carbamates (subject to hydrolysis) is 1. The highest BCUT2D eigenvalue weighted by Gasteiger charge is 2.27. The number of fused-ring (bicyclic) bond motifs is 1. The SMILES string of the molecule is CNC(=O)/C=C/CCC(NC(=O)OC)C(=O)Nc1cncn(Cc2nc3c(CCC(F)(F)F)cc(F)cc3[nH]2)c1=O. The number of H-pyrrole nitrogens is 1. The Bertz CT molecular complexity index is 1500. The Balaban J connectivity index is 1.78. The average molecular weight is 582 g/mol. The Morgan fingerprint density at radius 1 is 1.24 bits per heavy atom. The first-order valence-corrected chi connectivity index (χ1v) is 12.2. The molecule has 12 nitrogen and oxygen atoms in total. The van der Waals surface area contributed by atoms with Gasteiger partial charge in [-0.05, 0) is 43.0 Å². The van der Waals surface area contributed by atoms with Gasteiger partial charge in [0.15, 0.2) is 0 Å². The molecular weight excluding hydrogens is 554 g/mol. The molecule has 0 aliphatic rings. The van der Waals surface area contributed by atoms with Gasteiger partial charge in [-0.3, -0.25) is 19.0 Å². The van der Waals surface area contributed by atoms with E-state index in [1.807, 2.05) is 0 Å². The van der Waals surface area contributed by atoms with Crippen LogP contribution in [0.3, 0.4) is 0 Å². The van der Waals surface area contributed by atoms with E-state index in [1.54, 1.807) is 0 Å². The molecule has 0 saturated heterocycles. The molecule has 1 atom stereocenters. The zero-order chi connectivity index (χ0) is 30.2. The molecule has 220 valence electrons. The van der Waals surface area contributed by atoms with E-state index in [2.05, 4.69) is 35.6 Å². The molecule has 3 aromatic rings. The summed E-state index contributed by atoms with van der Waals surface area (Å²) in [5.41, 5.74) is -0.583. The number of aromatic amines is 1. The molecule has 0 fully saturated rings. The highest BCUT2D eigenvalue weighted by atomic mass is 19.4. The van der Waals surface area contributed by atoms with Crippen LogP contribution in [0.5, 0.6) is 0 Å². The molecular formula is C25H27F4N7O5. The van der Waals surface area contributed by atoms with Crippen LogP contribution in [0.2, 0.25) is 0 Å². The van der Waals surface area contributed by atoms with Gasteiger partial charge in [0.1, 0.15) is 23.4 Å². The molecule has 2 aromatic heterocycles. The van der Waals surface area contributed by atoms with Gasteiger partial charge >= 0.3 is 12.3 Å². The summed E-state index contributed by atoms with van der Waals surface area (Å²) in [6.07, 6.45) is -1.65. The second kappa shape index (κ2) is 13.5. The average Bonchev–Trinajstić information content (AvgIpc) is 3.32. The van der Waals surface area contributed by atoms with Gasteiger partial charge in [0.25, 0.3) is 5.56 Å². The fourth-order valence-corrected chi connectivity index (χ4v) is 3.78. The summed E-state index contributed by atoms with van der Waals surface area (Å²) in [5, 5.41) is 7.16. The Hall–Kier alpha value is -4.76. The second-order valence-electron chi connectivity index (χ2n) is 8.77. The molecule has 3 rings (SSSR count). The van der Waals surface area contributed by atoms with Crippen molar-refractivity contribution in [2.75, 3.05) is 19.5 Å². The number of hydrogen-bond donors (Lipinski definition) is 4. The molecule has 4 N–H and O–H groups in total. The predicted molar refractivity (Wildman–Crippen MR) is 138 cm³/mol. The van der Waals surface area contributed by atoms with E-state index in [9.17, 15) is 36.7 Å². The number of allylic oxidation sites excluding steroid dienone is 1. The topological polar surface area (TPSA) is 160 Å². The summed E-state index contributed by atoms with van der Waals surface area (Å²) >= 11 is 0. The van der Waals surface area contributed by atoms with Crippen LogP contribution in [-0.4, -0.2) is 63.8 Å². The fraction of sp³-hybridized carbons (Fsp3) is 0.360. The number of aryl methyl sites for hydroxylation is 1. The van der Waals surface area contributed by atoms with Gasteiger partial charge in [-0.2, -0.15) is 13.2 Å². The number of anilines is 1. The van der Waals surface area contributed by atoms with Crippen LogP contribution in [0, 0.1) is 5.82 Å². The number of imidazole rings is 1. The molecule has 41 heavy (non-hydrogen) atoms. The van der Waals surface area contributed by atoms with Crippen LogP contribution in [0.25, 0.3) is 11.0 Å². The minimum absolute atomic E-state index is 0.0561. The van der Waals surface area contributed by atoms with E-state index in [0.29, 0.717) is 0 Å². The quantitative estimate of drug-likeness (QED) is 0.200. The van der Waals surface area contributed by atoms with Crippen molar-refractivity contribution in [1.29, 1.82) is 0 Å². The summed E-state index contributed by atoms with van der Waals surface area (Å²) in [6.45, 7) is -0.224. The van der Waals surface area contributed by atoms with E-state index < -0.39 is 48.4 Å². The van der Waals surface area contributed by atoms with Crippen molar-refractivity contribution in [3.05, 3.63) is 64.4 Å². The van der Waals surface area contributed by atoms with Crippen LogP contribution < -0.4 is 21.5 Å². The number of ether oxygens (including phenoxy) is 1. The number of carbonyl (C=O) groups is 3. The largest absolute Gasteiger partial charge is 0.453 e. The number of amides is 3. The first-order chi connectivity index (χ1) is 19.4. The molecule has 0 radical (unpaired) electrons. The summed E-state index contributed by atoms with van der Waals surface area (Å²) < 4.78 is 57.8. The first kappa shape index (κ1) is 30.8. The monoisotopic (exact) mass is 581 g/mol. The molecule has 0 saturated carbocycles. The van der Waals surface area contributed by atoms with Crippen LogP contribution in [0.4, 0.5) is 28.0 Å². The number of nitrogens with one attached hydrogen (secondary N) is 4. The molecule has 0 bridgehead atoms. The molecule has 0 aliphatic carbocycles. The smallest absolute Gasteiger partial charge is 0.407 e. The number of benzene rings is 1. The van der Waals surface area contributed by atoms with Crippen LogP contribution >= 0.6 is 0 Å². The van der Waals surface area contributed by atoms with Crippen molar-refractivity contribution in [3.63, 3.8) is 0 Å². The number of nitrogens with zero attached hydrogens (tertiary/aromatic N) is 3. The fourth-order valence-electron chi connectivity index (χ4n) is 3.78. The number of halogens is 4. The maximum Gasteiger partial charge on any atom is 0.407 e. The summed E-state index contributed by atoms with van der Waals surface area (Å²) in [6, 6.07) is 0.930. The first-order valence-electron chi connectivity index (χ1n) is 12.2. The van der Waals surface area contributed by atoms with E-state index in [4.69, 9.17) is 0 Å². The lowest BCUT2D eigenvalue weighted by atomic mass is 10.1. The highest BCUT2D eigenvalue weighted by Crippen LogP contribution is 2.26. The Labute approximate surface area is 230 Å². The van der Waals surface area contributed by atoms with Gasteiger partial charge in [-0.1, -0.05) is 6.08 Å². The van der Waals surface area contributed by atoms with Crippen molar-refractivity contribution in [3.8, 4) is 0 Å². The zero-order valence-electron chi connectivity index (χ0n) is 22.0.